The van der Waals surface area contributed by atoms with Crippen molar-refractivity contribution in [2.45, 2.75) is 88.8 Å². The second-order valence-corrected chi connectivity index (χ2v) is 14.9. The second-order valence-electron chi connectivity index (χ2n) is 13.2. The van der Waals surface area contributed by atoms with E-state index in [4.69, 9.17) is 4.74 Å². The number of hydrogen-bond acceptors (Lipinski definition) is 5. The fraction of sp³-hybridized carbons (Fsp3) is 0.774. The molecule has 0 bridgehead atoms. The van der Waals surface area contributed by atoms with Crippen LogP contribution in [0.25, 0.3) is 0 Å². The third-order valence-corrected chi connectivity index (χ3v) is 11.6. The molecule has 3 aliphatic carbocycles. The lowest BCUT2D eigenvalue weighted by Gasteiger charge is -2.53. The normalized spacial score (nSPS) is 29.5. The minimum absolute atomic E-state index is 0.156. The van der Waals surface area contributed by atoms with Gasteiger partial charge in [0.15, 0.2) is 0 Å². The molecule has 2 fully saturated rings. The van der Waals surface area contributed by atoms with Crippen molar-refractivity contribution in [3.63, 3.8) is 0 Å². The summed E-state index contributed by atoms with van der Waals surface area (Å²) in [5.74, 6) is -3.06. The van der Waals surface area contributed by atoms with Crippen LogP contribution < -0.4 is 10.1 Å². The second kappa shape index (κ2) is 13.8. The quantitative estimate of drug-likeness (QED) is 0.208. The Hall–Kier alpha value is -1.63. The van der Waals surface area contributed by atoms with Gasteiger partial charge in [-0.3, -0.25) is 0 Å². The van der Waals surface area contributed by atoms with E-state index in [0.717, 1.165) is 44.1 Å². The predicted octanol–water partition coefficient (Wildman–Crippen LogP) is 6.29. The molecule has 2 N–H and O–H groups in total. The first-order valence-electron chi connectivity index (χ1n) is 15.3. The predicted molar refractivity (Wildman–Crippen MR) is 156 cm³/mol. The first kappa shape index (κ1) is 34.2. The number of nitrogens with zero attached hydrogens (tertiary/aromatic N) is 1. The van der Waals surface area contributed by atoms with Crippen molar-refractivity contribution in [2.24, 2.45) is 23.2 Å². The van der Waals surface area contributed by atoms with Crippen LogP contribution in [0.2, 0.25) is 0 Å². The Morgan fingerprint density at radius 2 is 1.88 bits per heavy atom. The molecule has 0 heterocycles. The molecule has 7 atom stereocenters. The number of rotatable bonds is 12. The van der Waals surface area contributed by atoms with Crippen molar-refractivity contribution in [1.29, 1.82) is 0 Å². The van der Waals surface area contributed by atoms with E-state index in [9.17, 15) is 36.4 Å². The van der Waals surface area contributed by atoms with Gasteiger partial charge in [0.1, 0.15) is 17.3 Å². The molecule has 6 nitrogen and oxygen atoms in total. The van der Waals surface area contributed by atoms with Crippen LogP contribution in [0.1, 0.15) is 75.3 Å². The smallest absolute Gasteiger partial charge is 0.453 e. The van der Waals surface area contributed by atoms with Crippen molar-refractivity contribution < 1.29 is 41.1 Å². The molecular weight excluding hydrogens is 591 g/mol. The van der Waals surface area contributed by atoms with Crippen molar-refractivity contribution >= 4 is 17.3 Å². The number of ether oxygens (including phenoxy) is 1. The summed E-state index contributed by atoms with van der Waals surface area (Å²) in [6.07, 6.45) is -2.64. The van der Waals surface area contributed by atoms with Crippen LogP contribution in [0.15, 0.2) is 18.2 Å². The van der Waals surface area contributed by atoms with Gasteiger partial charge < -0.3 is 24.6 Å². The van der Waals surface area contributed by atoms with Crippen molar-refractivity contribution in [3.05, 3.63) is 29.3 Å². The molecule has 1 aromatic carbocycles. The first-order valence-corrected chi connectivity index (χ1v) is 16.8. The summed E-state index contributed by atoms with van der Waals surface area (Å²) < 4.78 is 81.9. The number of aliphatic hydroxyl groups excluding tert-OH is 1. The average molecular weight is 637 g/mol. The number of halogens is 5. The maximum atomic E-state index is 13.2. The lowest BCUT2D eigenvalue weighted by molar-refractivity contribution is -0.284. The van der Waals surface area contributed by atoms with Crippen molar-refractivity contribution in [2.75, 3.05) is 38.7 Å². The fourth-order valence-electron chi connectivity index (χ4n) is 7.81. The SMILES string of the molecule is CN(C)CCNC(=O)Oc1ccc2c(c1)C[C@@H](CCC[S+]([O-])CCCC(F)(F)C(F)(F)F)[C@@H]1[C@@H]2CC[C@]2(C)[C@@H](O)CC[C@@H]12. The number of benzene rings is 1. The third-order valence-electron chi connectivity index (χ3n) is 10.1. The highest BCUT2D eigenvalue weighted by Gasteiger charge is 2.57. The van der Waals surface area contributed by atoms with Crippen LogP contribution in [0.5, 0.6) is 5.75 Å². The number of carbonyl (C=O) groups is 1. The van der Waals surface area contributed by atoms with E-state index < -0.39 is 42.2 Å². The minimum atomic E-state index is -5.59. The van der Waals surface area contributed by atoms with E-state index >= 15 is 0 Å². The molecule has 244 valence electrons. The van der Waals surface area contributed by atoms with Gasteiger partial charge in [-0.15, -0.1) is 0 Å². The Kier molecular flexibility index (Phi) is 11.0. The van der Waals surface area contributed by atoms with Gasteiger partial charge in [-0.1, -0.05) is 24.2 Å². The largest absolute Gasteiger partial charge is 0.616 e. The van der Waals surface area contributed by atoms with Crippen LogP contribution in [0.3, 0.4) is 0 Å². The van der Waals surface area contributed by atoms with Crippen LogP contribution in [-0.2, 0) is 17.6 Å². The van der Waals surface area contributed by atoms with Gasteiger partial charge in [-0.25, -0.2) is 4.79 Å². The highest BCUT2D eigenvalue weighted by Crippen LogP contribution is 2.62. The zero-order valence-electron chi connectivity index (χ0n) is 25.2. The molecule has 2 saturated carbocycles. The molecule has 0 saturated heterocycles. The zero-order valence-corrected chi connectivity index (χ0v) is 26.0. The Bertz CT molecular complexity index is 1110. The Morgan fingerprint density at radius 3 is 2.58 bits per heavy atom. The maximum absolute atomic E-state index is 13.2. The molecule has 1 amide bonds. The van der Waals surface area contributed by atoms with Gasteiger partial charge in [0.25, 0.3) is 0 Å². The number of fused-ring (bicyclic) bond motifs is 5. The van der Waals surface area contributed by atoms with Crippen LogP contribution >= 0.6 is 0 Å². The molecule has 0 spiro atoms. The molecule has 0 radical (unpaired) electrons. The summed E-state index contributed by atoms with van der Waals surface area (Å²) in [7, 11) is 3.83. The Balaban J connectivity index is 1.42. The van der Waals surface area contributed by atoms with Crippen molar-refractivity contribution in [3.8, 4) is 5.75 Å². The van der Waals surface area contributed by atoms with Gasteiger partial charge in [-0.05, 0) is 118 Å². The number of alkyl halides is 5. The van der Waals surface area contributed by atoms with E-state index in [1.165, 1.54) is 5.56 Å². The van der Waals surface area contributed by atoms with Gasteiger partial charge in [0.05, 0.1) is 6.10 Å². The lowest BCUT2D eigenvalue weighted by atomic mass is 9.52. The Labute approximate surface area is 254 Å². The summed E-state index contributed by atoms with van der Waals surface area (Å²) >= 11 is -1.48. The number of aliphatic hydroxyl groups is 1. The van der Waals surface area contributed by atoms with E-state index in [2.05, 4.69) is 18.3 Å². The molecule has 12 heteroatoms. The van der Waals surface area contributed by atoms with E-state index in [0.29, 0.717) is 37.1 Å². The van der Waals surface area contributed by atoms with Crippen LogP contribution in [-0.4, -0.2) is 77.5 Å². The fourth-order valence-corrected chi connectivity index (χ4v) is 8.97. The van der Waals surface area contributed by atoms with Crippen LogP contribution in [0, 0.1) is 23.2 Å². The summed E-state index contributed by atoms with van der Waals surface area (Å²) in [6, 6.07) is 5.83. The van der Waals surface area contributed by atoms with E-state index in [-0.39, 0.29) is 34.9 Å². The summed E-state index contributed by atoms with van der Waals surface area (Å²) in [4.78, 5) is 14.3. The molecule has 43 heavy (non-hydrogen) atoms. The van der Waals surface area contributed by atoms with E-state index in [1.54, 1.807) is 0 Å². The molecule has 0 aliphatic heterocycles. The van der Waals surface area contributed by atoms with E-state index in [1.807, 2.05) is 31.1 Å². The molecule has 1 unspecified atom stereocenters. The van der Waals surface area contributed by atoms with Gasteiger partial charge in [0.2, 0.25) is 0 Å². The van der Waals surface area contributed by atoms with Crippen LogP contribution in [0.4, 0.5) is 26.7 Å². The Morgan fingerprint density at radius 1 is 1.16 bits per heavy atom. The first-order chi connectivity index (χ1) is 20.1. The molecule has 1 aromatic rings. The minimum Gasteiger partial charge on any atom is -0.616 e. The lowest BCUT2D eigenvalue weighted by Crippen LogP contribution is -2.47. The van der Waals surface area contributed by atoms with Gasteiger partial charge >= 0.3 is 18.2 Å². The number of hydrogen-bond donors (Lipinski definition) is 2. The standard InChI is InChI=1S/C31H45F5N2O4S/c1-29-13-11-24-23-8-7-22(42-28(40)37-14-15-38(2)3)19-21(23)18-20(27(24)25(29)9-10-26(29)39)6-4-16-43(41)17-5-12-30(32,33)31(34,35)36/h7-8,19-20,24-27,39H,4-6,9-18H2,1-3H3,(H,37,40)/t20-,24-,25+,26+,27-,29+,43?/m1/s1. The monoisotopic (exact) mass is 636 g/mol. The maximum Gasteiger partial charge on any atom is 0.453 e. The highest BCUT2D eigenvalue weighted by atomic mass is 32.2. The number of nitrogens with one attached hydrogen (secondary N) is 1. The topological polar surface area (TPSA) is 84.9 Å². The van der Waals surface area contributed by atoms with Gasteiger partial charge in [0, 0.05) is 19.5 Å². The molecule has 4 rings (SSSR count). The average Bonchev–Trinajstić information content (AvgIpc) is 3.21. The van der Waals surface area contributed by atoms with Gasteiger partial charge in [-0.2, -0.15) is 22.0 Å². The molecular formula is C31H45F5N2O4S. The van der Waals surface area contributed by atoms with Crippen molar-refractivity contribution in [1.82, 2.24) is 10.2 Å². The number of carbonyl (C=O) groups excluding carboxylic acids is 1. The zero-order chi connectivity index (χ0) is 31.6. The summed E-state index contributed by atoms with van der Waals surface area (Å²) in [5, 5.41) is 13.6. The molecule has 0 aromatic heterocycles. The summed E-state index contributed by atoms with van der Waals surface area (Å²) in [5.41, 5.74) is 2.21. The number of likely N-dealkylation sites (N-methyl/N-ethyl adjacent to an activating group) is 1. The highest BCUT2D eigenvalue weighted by molar-refractivity contribution is 7.91. The number of amides is 1. The summed E-state index contributed by atoms with van der Waals surface area (Å²) in [6.45, 7) is 3.33. The molecule has 3 aliphatic rings. The third kappa shape index (κ3) is 7.97.